The van der Waals surface area contributed by atoms with Crippen LogP contribution in [0.5, 0.6) is 0 Å². The lowest BCUT2D eigenvalue weighted by Gasteiger charge is -2.31. The van der Waals surface area contributed by atoms with E-state index in [2.05, 4.69) is 40.3 Å². The molecule has 0 radical (unpaired) electrons. The van der Waals surface area contributed by atoms with Crippen molar-refractivity contribution in [2.45, 2.75) is 32.1 Å². The van der Waals surface area contributed by atoms with E-state index in [1.54, 1.807) is 4.88 Å². The molecule has 2 unspecified atom stereocenters. The van der Waals surface area contributed by atoms with E-state index in [4.69, 9.17) is 0 Å². The topological polar surface area (TPSA) is 12.0 Å². The van der Waals surface area contributed by atoms with Gasteiger partial charge in [0.25, 0.3) is 0 Å². The van der Waals surface area contributed by atoms with Crippen molar-refractivity contribution in [1.29, 1.82) is 0 Å². The Balaban J connectivity index is 2.10. The monoisotopic (exact) mass is 287 g/mol. The van der Waals surface area contributed by atoms with E-state index >= 15 is 0 Å². The lowest BCUT2D eigenvalue weighted by Crippen LogP contribution is -2.35. The molecule has 1 saturated heterocycles. The Morgan fingerprint density at radius 1 is 1.53 bits per heavy atom. The minimum absolute atomic E-state index is 0.794. The molecule has 2 rings (SSSR count). The van der Waals surface area contributed by atoms with Gasteiger partial charge in [-0.1, -0.05) is 13.3 Å². The average Bonchev–Trinajstić information content (AvgIpc) is 2.66. The van der Waals surface area contributed by atoms with Gasteiger partial charge in [0.2, 0.25) is 0 Å². The van der Waals surface area contributed by atoms with E-state index in [0.717, 1.165) is 11.8 Å². The van der Waals surface area contributed by atoms with Crippen LogP contribution in [0.15, 0.2) is 15.9 Å². The number of rotatable bonds is 3. The standard InChI is InChI=1S/C12H18BrNS/c1-2-3-9-8-14-7-6-10(9)11-4-5-12(13)15-11/h4-5,9-10,14H,2-3,6-8H2,1H3. The van der Waals surface area contributed by atoms with Gasteiger partial charge in [-0.3, -0.25) is 0 Å². The number of hydrogen-bond donors (Lipinski definition) is 1. The lowest BCUT2D eigenvalue weighted by atomic mass is 9.82. The Hall–Kier alpha value is 0.140. The molecule has 1 aromatic rings. The van der Waals surface area contributed by atoms with Gasteiger partial charge in [-0.15, -0.1) is 11.3 Å². The van der Waals surface area contributed by atoms with Gasteiger partial charge < -0.3 is 5.32 Å². The molecule has 15 heavy (non-hydrogen) atoms. The van der Waals surface area contributed by atoms with E-state index in [-0.39, 0.29) is 0 Å². The lowest BCUT2D eigenvalue weighted by molar-refractivity contribution is 0.310. The van der Waals surface area contributed by atoms with Crippen molar-refractivity contribution in [2.75, 3.05) is 13.1 Å². The summed E-state index contributed by atoms with van der Waals surface area (Å²) in [6.07, 6.45) is 3.96. The van der Waals surface area contributed by atoms with E-state index in [1.807, 2.05) is 11.3 Å². The van der Waals surface area contributed by atoms with Gasteiger partial charge >= 0.3 is 0 Å². The van der Waals surface area contributed by atoms with Gasteiger partial charge in [0.15, 0.2) is 0 Å². The van der Waals surface area contributed by atoms with Crippen LogP contribution in [-0.2, 0) is 0 Å². The van der Waals surface area contributed by atoms with Crippen molar-refractivity contribution in [3.05, 3.63) is 20.8 Å². The highest BCUT2D eigenvalue weighted by molar-refractivity contribution is 9.11. The van der Waals surface area contributed by atoms with Gasteiger partial charge in [0.05, 0.1) is 3.79 Å². The molecule has 0 spiro atoms. The van der Waals surface area contributed by atoms with Crippen LogP contribution in [0.25, 0.3) is 0 Å². The Bertz CT molecular complexity index is 308. The summed E-state index contributed by atoms with van der Waals surface area (Å²) >= 11 is 5.47. The molecule has 1 nitrogen and oxygen atoms in total. The summed E-state index contributed by atoms with van der Waals surface area (Å²) in [7, 11) is 0. The summed E-state index contributed by atoms with van der Waals surface area (Å²) in [5.41, 5.74) is 0. The Morgan fingerprint density at radius 2 is 2.40 bits per heavy atom. The van der Waals surface area contributed by atoms with Crippen LogP contribution in [0.3, 0.4) is 0 Å². The van der Waals surface area contributed by atoms with Crippen LogP contribution in [-0.4, -0.2) is 13.1 Å². The summed E-state index contributed by atoms with van der Waals surface area (Å²) in [4.78, 5) is 1.57. The molecule has 0 aliphatic carbocycles. The first-order chi connectivity index (χ1) is 7.31. The van der Waals surface area contributed by atoms with Crippen molar-refractivity contribution < 1.29 is 0 Å². The van der Waals surface area contributed by atoms with Crippen LogP contribution >= 0.6 is 27.3 Å². The number of thiophene rings is 1. The zero-order valence-electron chi connectivity index (χ0n) is 9.13. The van der Waals surface area contributed by atoms with Gasteiger partial charge in [0.1, 0.15) is 0 Å². The molecule has 0 amide bonds. The average molecular weight is 288 g/mol. The van der Waals surface area contributed by atoms with Crippen LogP contribution < -0.4 is 5.32 Å². The van der Waals surface area contributed by atoms with E-state index in [0.29, 0.717) is 0 Å². The predicted molar refractivity (Wildman–Crippen MR) is 70.6 cm³/mol. The summed E-state index contributed by atoms with van der Waals surface area (Å²) in [6.45, 7) is 4.67. The fourth-order valence-electron chi connectivity index (χ4n) is 2.50. The van der Waals surface area contributed by atoms with Crippen LogP contribution in [0.2, 0.25) is 0 Å². The summed E-state index contributed by atoms with van der Waals surface area (Å²) < 4.78 is 1.27. The molecule has 1 aliphatic rings. The second kappa shape index (κ2) is 5.46. The minimum Gasteiger partial charge on any atom is -0.316 e. The molecule has 1 aromatic heterocycles. The van der Waals surface area contributed by atoms with Crippen molar-refractivity contribution in [3.8, 4) is 0 Å². The zero-order chi connectivity index (χ0) is 10.7. The van der Waals surface area contributed by atoms with Crippen molar-refractivity contribution in [1.82, 2.24) is 5.32 Å². The highest BCUT2D eigenvalue weighted by atomic mass is 79.9. The first-order valence-electron chi connectivity index (χ1n) is 5.77. The molecule has 2 heterocycles. The highest BCUT2D eigenvalue weighted by Gasteiger charge is 2.26. The van der Waals surface area contributed by atoms with Crippen molar-refractivity contribution in [2.24, 2.45) is 5.92 Å². The van der Waals surface area contributed by atoms with Crippen LogP contribution in [0.1, 0.15) is 37.0 Å². The Morgan fingerprint density at radius 3 is 3.07 bits per heavy atom. The Labute approximate surface area is 104 Å². The molecule has 84 valence electrons. The highest BCUT2D eigenvalue weighted by Crippen LogP contribution is 2.38. The normalized spacial score (nSPS) is 26.8. The third kappa shape index (κ3) is 2.83. The molecule has 0 saturated carbocycles. The van der Waals surface area contributed by atoms with E-state index in [9.17, 15) is 0 Å². The van der Waals surface area contributed by atoms with Gasteiger partial charge in [0, 0.05) is 4.88 Å². The fourth-order valence-corrected chi connectivity index (χ4v) is 4.15. The van der Waals surface area contributed by atoms with Gasteiger partial charge in [-0.2, -0.15) is 0 Å². The molecule has 1 fully saturated rings. The summed E-state index contributed by atoms with van der Waals surface area (Å²) in [5.74, 6) is 1.64. The van der Waals surface area contributed by atoms with Crippen molar-refractivity contribution >= 4 is 27.3 Å². The van der Waals surface area contributed by atoms with E-state index in [1.165, 1.54) is 36.1 Å². The first-order valence-corrected chi connectivity index (χ1v) is 7.38. The van der Waals surface area contributed by atoms with Crippen LogP contribution in [0.4, 0.5) is 0 Å². The molecule has 1 N–H and O–H groups in total. The molecule has 1 aliphatic heterocycles. The van der Waals surface area contributed by atoms with Crippen molar-refractivity contribution in [3.63, 3.8) is 0 Å². The first kappa shape index (κ1) is 11.6. The largest absolute Gasteiger partial charge is 0.316 e. The predicted octanol–water partition coefficient (Wildman–Crippen LogP) is 4.00. The fraction of sp³-hybridized carbons (Fsp3) is 0.667. The van der Waals surface area contributed by atoms with Crippen LogP contribution in [0, 0.1) is 5.92 Å². The molecular weight excluding hydrogens is 270 g/mol. The number of nitrogens with one attached hydrogen (secondary N) is 1. The smallest absolute Gasteiger partial charge is 0.0701 e. The summed E-state index contributed by atoms with van der Waals surface area (Å²) in [5, 5.41) is 3.52. The second-order valence-electron chi connectivity index (χ2n) is 4.29. The second-order valence-corrected chi connectivity index (χ2v) is 6.78. The maximum atomic E-state index is 3.56. The third-order valence-corrected chi connectivity index (χ3v) is 4.98. The SMILES string of the molecule is CCCC1CNCCC1c1ccc(Br)s1. The maximum absolute atomic E-state index is 3.56. The maximum Gasteiger partial charge on any atom is 0.0701 e. The molecule has 2 atom stereocenters. The third-order valence-electron chi connectivity index (χ3n) is 3.23. The molecule has 0 aromatic carbocycles. The van der Waals surface area contributed by atoms with Gasteiger partial charge in [-0.05, 0) is 65.8 Å². The number of halogens is 1. The molecule has 3 heteroatoms. The van der Waals surface area contributed by atoms with Gasteiger partial charge in [-0.25, -0.2) is 0 Å². The quantitative estimate of drug-likeness (QED) is 0.886. The number of hydrogen-bond acceptors (Lipinski definition) is 2. The van der Waals surface area contributed by atoms with E-state index < -0.39 is 0 Å². The molecule has 0 bridgehead atoms. The molecular formula is C12H18BrNS. The summed E-state index contributed by atoms with van der Waals surface area (Å²) in [6, 6.07) is 4.48. The number of piperidine rings is 1. The zero-order valence-corrected chi connectivity index (χ0v) is 11.5. The Kier molecular flexibility index (Phi) is 4.23. The minimum atomic E-state index is 0.794.